The summed E-state index contributed by atoms with van der Waals surface area (Å²) in [6.07, 6.45) is 1.10. The third kappa shape index (κ3) is 1.96. The monoisotopic (exact) mass is 233 g/mol. The van der Waals surface area contributed by atoms with Crippen molar-refractivity contribution in [2.24, 2.45) is 7.05 Å². The molecule has 0 aliphatic heterocycles. The van der Waals surface area contributed by atoms with Crippen molar-refractivity contribution in [3.05, 3.63) is 51.3 Å². The van der Waals surface area contributed by atoms with Gasteiger partial charge in [-0.15, -0.1) is 0 Å². The van der Waals surface area contributed by atoms with E-state index in [-0.39, 0.29) is 0 Å². The standard InChI is InChI=1S/C11H11N3O3/c1-13-10(15)7-12-14(11(13)16)8-3-5-9(17-2)6-4-8/h3-7H,1-2H3. The second kappa shape index (κ2) is 4.25. The molecule has 2 aromatic rings. The first-order valence-corrected chi connectivity index (χ1v) is 4.93. The Labute approximate surface area is 96.7 Å². The van der Waals surface area contributed by atoms with Crippen LogP contribution in [-0.4, -0.2) is 21.5 Å². The zero-order chi connectivity index (χ0) is 12.4. The molecular weight excluding hydrogens is 222 g/mol. The molecule has 0 amide bonds. The van der Waals surface area contributed by atoms with Gasteiger partial charge in [-0.3, -0.25) is 9.36 Å². The molecule has 6 heteroatoms. The van der Waals surface area contributed by atoms with E-state index in [0.29, 0.717) is 11.4 Å². The lowest BCUT2D eigenvalue weighted by Gasteiger charge is -2.06. The fourth-order valence-corrected chi connectivity index (χ4v) is 1.38. The molecule has 1 aromatic carbocycles. The smallest absolute Gasteiger partial charge is 0.351 e. The number of hydrogen-bond acceptors (Lipinski definition) is 4. The van der Waals surface area contributed by atoms with Crippen LogP contribution in [0.1, 0.15) is 0 Å². The summed E-state index contributed by atoms with van der Waals surface area (Å²) in [5.41, 5.74) is -0.339. The van der Waals surface area contributed by atoms with Gasteiger partial charge in [-0.25, -0.2) is 4.79 Å². The molecule has 88 valence electrons. The van der Waals surface area contributed by atoms with E-state index >= 15 is 0 Å². The van der Waals surface area contributed by atoms with Gasteiger partial charge in [-0.2, -0.15) is 9.78 Å². The van der Waals surface area contributed by atoms with Crippen LogP contribution in [0, 0.1) is 0 Å². The highest BCUT2D eigenvalue weighted by atomic mass is 16.5. The summed E-state index contributed by atoms with van der Waals surface area (Å²) in [6.45, 7) is 0. The fraction of sp³-hybridized carbons (Fsp3) is 0.182. The molecule has 0 atom stereocenters. The van der Waals surface area contributed by atoms with Crippen LogP contribution < -0.4 is 16.0 Å². The Morgan fingerprint density at radius 3 is 2.41 bits per heavy atom. The molecule has 17 heavy (non-hydrogen) atoms. The van der Waals surface area contributed by atoms with E-state index in [9.17, 15) is 9.59 Å². The van der Waals surface area contributed by atoms with E-state index in [4.69, 9.17) is 4.74 Å². The highest BCUT2D eigenvalue weighted by Crippen LogP contribution is 2.12. The van der Waals surface area contributed by atoms with Crippen LogP contribution in [0.3, 0.4) is 0 Å². The third-order valence-electron chi connectivity index (χ3n) is 2.40. The van der Waals surface area contributed by atoms with Crippen LogP contribution in [0.2, 0.25) is 0 Å². The minimum Gasteiger partial charge on any atom is -0.497 e. The Bertz CT molecular complexity index is 640. The average Bonchev–Trinajstić information content (AvgIpc) is 2.36. The number of nitrogens with zero attached hydrogens (tertiary/aromatic N) is 3. The first-order valence-electron chi connectivity index (χ1n) is 4.93. The molecule has 0 aliphatic rings. The van der Waals surface area contributed by atoms with Crippen molar-refractivity contribution < 1.29 is 4.74 Å². The van der Waals surface area contributed by atoms with Crippen LogP contribution in [-0.2, 0) is 7.05 Å². The SMILES string of the molecule is COc1ccc(-n2ncc(=O)n(C)c2=O)cc1. The van der Waals surface area contributed by atoms with Gasteiger partial charge < -0.3 is 4.74 Å². The van der Waals surface area contributed by atoms with Crippen LogP contribution in [0.5, 0.6) is 5.75 Å². The lowest BCUT2D eigenvalue weighted by atomic mass is 10.3. The number of hydrogen-bond donors (Lipinski definition) is 0. The Kier molecular flexibility index (Phi) is 2.78. The quantitative estimate of drug-likeness (QED) is 0.728. The van der Waals surface area contributed by atoms with Gasteiger partial charge in [-0.05, 0) is 24.3 Å². The number of rotatable bonds is 2. The zero-order valence-electron chi connectivity index (χ0n) is 9.45. The highest BCUT2D eigenvalue weighted by molar-refractivity contribution is 5.36. The summed E-state index contributed by atoms with van der Waals surface area (Å²) in [6, 6.07) is 6.82. The minimum atomic E-state index is -0.484. The van der Waals surface area contributed by atoms with Crippen molar-refractivity contribution in [3.63, 3.8) is 0 Å². The molecule has 1 heterocycles. The molecule has 0 radical (unpaired) electrons. The minimum absolute atomic E-state index is 0.431. The Hall–Kier alpha value is -2.37. The summed E-state index contributed by atoms with van der Waals surface area (Å²) in [5, 5.41) is 3.79. The second-order valence-electron chi connectivity index (χ2n) is 3.43. The van der Waals surface area contributed by atoms with Crippen molar-refractivity contribution in [3.8, 4) is 11.4 Å². The normalized spacial score (nSPS) is 10.2. The van der Waals surface area contributed by atoms with Gasteiger partial charge in [0, 0.05) is 7.05 Å². The number of benzene rings is 1. The van der Waals surface area contributed by atoms with Gasteiger partial charge in [-0.1, -0.05) is 0 Å². The number of methoxy groups -OCH3 is 1. The fourth-order valence-electron chi connectivity index (χ4n) is 1.38. The molecular formula is C11H11N3O3. The first kappa shape index (κ1) is 11.1. The molecule has 0 saturated heterocycles. The van der Waals surface area contributed by atoms with Gasteiger partial charge in [0.15, 0.2) is 0 Å². The van der Waals surface area contributed by atoms with Gasteiger partial charge in [0.1, 0.15) is 11.9 Å². The largest absolute Gasteiger partial charge is 0.497 e. The summed E-state index contributed by atoms with van der Waals surface area (Å²) in [7, 11) is 2.97. The summed E-state index contributed by atoms with van der Waals surface area (Å²) < 4.78 is 7.17. The van der Waals surface area contributed by atoms with Gasteiger partial charge >= 0.3 is 5.69 Å². The van der Waals surface area contributed by atoms with E-state index in [1.807, 2.05) is 0 Å². The average molecular weight is 233 g/mol. The molecule has 2 rings (SSSR count). The van der Waals surface area contributed by atoms with E-state index in [0.717, 1.165) is 15.4 Å². The van der Waals surface area contributed by atoms with E-state index in [1.54, 1.807) is 31.4 Å². The Balaban J connectivity index is 2.57. The second-order valence-corrected chi connectivity index (χ2v) is 3.43. The van der Waals surface area contributed by atoms with Gasteiger partial charge in [0.2, 0.25) is 0 Å². The molecule has 0 N–H and O–H groups in total. The topological polar surface area (TPSA) is 66.1 Å². The molecule has 0 aliphatic carbocycles. The molecule has 1 aromatic heterocycles. The van der Waals surface area contributed by atoms with Crippen LogP contribution in [0.15, 0.2) is 40.1 Å². The third-order valence-corrected chi connectivity index (χ3v) is 2.40. The van der Waals surface area contributed by atoms with Crippen molar-refractivity contribution >= 4 is 0 Å². The molecule has 0 spiro atoms. The molecule has 0 bridgehead atoms. The summed E-state index contributed by atoms with van der Waals surface area (Å²) >= 11 is 0. The lowest BCUT2D eigenvalue weighted by Crippen LogP contribution is -2.38. The number of aromatic nitrogens is 3. The molecule has 0 fully saturated rings. The summed E-state index contributed by atoms with van der Waals surface area (Å²) in [4.78, 5) is 23.0. The molecule has 0 unspecified atom stereocenters. The maximum absolute atomic E-state index is 11.8. The number of ether oxygens (including phenoxy) is 1. The molecule has 6 nitrogen and oxygen atoms in total. The highest BCUT2D eigenvalue weighted by Gasteiger charge is 2.04. The Morgan fingerprint density at radius 2 is 1.82 bits per heavy atom. The van der Waals surface area contributed by atoms with Crippen molar-refractivity contribution in [1.82, 2.24) is 14.3 Å². The molecule has 0 saturated carbocycles. The maximum atomic E-state index is 11.8. The van der Waals surface area contributed by atoms with E-state index in [2.05, 4.69) is 5.10 Å². The first-order chi connectivity index (χ1) is 8.13. The van der Waals surface area contributed by atoms with Crippen LogP contribution in [0.25, 0.3) is 5.69 Å². The van der Waals surface area contributed by atoms with Crippen molar-refractivity contribution in [2.75, 3.05) is 7.11 Å². The zero-order valence-corrected chi connectivity index (χ0v) is 9.45. The van der Waals surface area contributed by atoms with E-state index < -0.39 is 11.2 Å². The summed E-state index contributed by atoms with van der Waals surface area (Å²) in [5.74, 6) is 0.687. The Morgan fingerprint density at radius 1 is 1.18 bits per heavy atom. The predicted molar refractivity (Wildman–Crippen MR) is 61.6 cm³/mol. The van der Waals surface area contributed by atoms with Crippen molar-refractivity contribution in [1.29, 1.82) is 0 Å². The van der Waals surface area contributed by atoms with Crippen LogP contribution >= 0.6 is 0 Å². The maximum Gasteiger partial charge on any atom is 0.351 e. The van der Waals surface area contributed by atoms with Gasteiger partial charge in [0.05, 0.1) is 12.8 Å². The lowest BCUT2D eigenvalue weighted by molar-refractivity contribution is 0.414. The van der Waals surface area contributed by atoms with Gasteiger partial charge in [0.25, 0.3) is 5.56 Å². The van der Waals surface area contributed by atoms with Crippen molar-refractivity contribution in [2.45, 2.75) is 0 Å². The van der Waals surface area contributed by atoms with E-state index in [1.165, 1.54) is 7.05 Å². The predicted octanol–water partition coefficient (Wildman–Crippen LogP) is -0.0602. The van der Waals surface area contributed by atoms with Crippen LogP contribution in [0.4, 0.5) is 0 Å².